The second-order valence-electron chi connectivity index (χ2n) is 7.73. The van der Waals surface area contributed by atoms with Gasteiger partial charge >= 0.3 is 6.61 Å². The van der Waals surface area contributed by atoms with Crippen molar-refractivity contribution in [1.82, 2.24) is 0 Å². The van der Waals surface area contributed by atoms with Crippen LogP contribution in [0.4, 0.5) is 14.5 Å². The number of nitrogens with two attached hydrogens (primary N) is 1. The number of ether oxygens (including phenoxy) is 2. The second kappa shape index (κ2) is 8.85. The number of alkyl halides is 2. The maximum Gasteiger partial charge on any atom is 0.387 e. The fourth-order valence-corrected chi connectivity index (χ4v) is 5.06. The molecule has 4 rings (SSSR count). The summed E-state index contributed by atoms with van der Waals surface area (Å²) >= 11 is 0. The van der Waals surface area contributed by atoms with E-state index in [1.54, 1.807) is 42.5 Å². The monoisotopic (exact) mass is 510 g/mol. The zero-order valence-corrected chi connectivity index (χ0v) is 19.4. The minimum Gasteiger partial charge on any atom is -0.480 e. The first kappa shape index (κ1) is 23.9. The number of hydrogen-bond acceptors (Lipinski definition) is 6. The van der Waals surface area contributed by atoms with Gasteiger partial charge in [0.25, 0.3) is 0 Å². The molecule has 8 nitrogen and oxygen atoms in total. The number of primary sulfonamides is 1. The Labute approximate surface area is 195 Å². The lowest BCUT2D eigenvalue weighted by atomic mass is 9.88. The Morgan fingerprint density at radius 2 is 1.79 bits per heavy atom. The number of benzene rings is 3. The Morgan fingerprint density at radius 1 is 1.06 bits per heavy atom. The largest absolute Gasteiger partial charge is 0.480 e. The van der Waals surface area contributed by atoms with Crippen LogP contribution in [-0.2, 0) is 25.8 Å². The molecule has 1 unspecified atom stereocenters. The van der Waals surface area contributed by atoms with Crippen LogP contribution in [0.3, 0.4) is 0 Å². The lowest BCUT2D eigenvalue weighted by molar-refractivity contribution is -0.0496. The molecule has 0 spiro atoms. The summed E-state index contributed by atoms with van der Waals surface area (Å²) in [6, 6.07) is 15.7. The van der Waals surface area contributed by atoms with Crippen molar-refractivity contribution in [1.29, 1.82) is 0 Å². The molecule has 180 valence electrons. The predicted octanol–water partition coefficient (Wildman–Crippen LogP) is 3.60. The molecule has 0 bridgehead atoms. The number of sulfonamides is 2. The van der Waals surface area contributed by atoms with Gasteiger partial charge in [0.1, 0.15) is 17.6 Å². The molecule has 0 saturated carbocycles. The van der Waals surface area contributed by atoms with E-state index < -0.39 is 38.5 Å². The Morgan fingerprint density at radius 3 is 2.47 bits per heavy atom. The van der Waals surface area contributed by atoms with Gasteiger partial charge < -0.3 is 9.47 Å². The topological polar surface area (TPSA) is 125 Å². The van der Waals surface area contributed by atoms with Crippen LogP contribution in [0.15, 0.2) is 60.7 Å². The molecule has 1 aliphatic rings. The summed E-state index contributed by atoms with van der Waals surface area (Å²) in [6.45, 7) is -3.06. The van der Waals surface area contributed by atoms with Crippen LogP contribution in [0, 0.1) is 0 Å². The van der Waals surface area contributed by atoms with E-state index in [0.717, 1.165) is 6.26 Å². The minimum atomic E-state index is -3.84. The first-order chi connectivity index (χ1) is 15.9. The zero-order valence-electron chi connectivity index (χ0n) is 17.7. The van der Waals surface area contributed by atoms with E-state index in [2.05, 4.69) is 9.46 Å². The van der Waals surface area contributed by atoms with Gasteiger partial charge in [-0.3, -0.25) is 4.72 Å². The van der Waals surface area contributed by atoms with Gasteiger partial charge in [-0.15, -0.1) is 0 Å². The van der Waals surface area contributed by atoms with Crippen LogP contribution in [-0.4, -0.2) is 29.7 Å². The van der Waals surface area contributed by atoms with Crippen LogP contribution in [0.1, 0.15) is 22.8 Å². The predicted molar refractivity (Wildman–Crippen MR) is 123 cm³/mol. The van der Waals surface area contributed by atoms with Crippen molar-refractivity contribution in [2.45, 2.75) is 18.5 Å². The van der Waals surface area contributed by atoms with E-state index in [-0.39, 0.29) is 11.5 Å². The van der Waals surface area contributed by atoms with Gasteiger partial charge in [0, 0.05) is 11.3 Å². The molecular formula is C22H20F2N2O6S2. The van der Waals surface area contributed by atoms with Crippen molar-refractivity contribution in [3.63, 3.8) is 0 Å². The van der Waals surface area contributed by atoms with Crippen molar-refractivity contribution in [2.24, 2.45) is 5.14 Å². The highest BCUT2D eigenvalue weighted by Gasteiger charge is 2.31. The molecule has 0 fully saturated rings. The van der Waals surface area contributed by atoms with E-state index in [4.69, 9.17) is 9.88 Å². The molecule has 1 atom stereocenters. The highest BCUT2D eigenvalue weighted by molar-refractivity contribution is 7.92. The Bertz CT molecular complexity index is 1460. The second-order valence-corrected chi connectivity index (χ2v) is 11.1. The highest BCUT2D eigenvalue weighted by atomic mass is 32.2. The molecule has 0 amide bonds. The molecule has 12 heteroatoms. The first-order valence-electron chi connectivity index (χ1n) is 9.85. The molecule has 1 aliphatic heterocycles. The quantitative estimate of drug-likeness (QED) is 0.501. The summed E-state index contributed by atoms with van der Waals surface area (Å²) in [6.07, 6.45) is 0.220. The summed E-state index contributed by atoms with van der Waals surface area (Å²) in [5.74, 6) is -0.264. The third-order valence-corrected chi connectivity index (χ3v) is 6.32. The molecule has 3 aromatic carbocycles. The van der Waals surface area contributed by atoms with E-state index >= 15 is 0 Å². The standard InChI is InChI=1S/C22H20F2N2O6S2/c1-33(27,28)26-15-5-2-4-14(11-15)21-17-10-13(12-34(25,29)30)8-9-16(17)20-18(31-21)6-3-7-19(20)32-22(23)24/h2-11,21-22,26H,12H2,1H3,(H2,25,29,30). The smallest absolute Gasteiger partial charge is 0.387 e. The molecular weight excluding hydrogens is 490 g/mol. The maximum absolute atomic E-state index is 13.0. The molecule has 34 heavy (non-hydrogen) atoms. The van der Waals surface area contributed by atoms with Gasteiger partial charge in [-0.25, -0.2) is 22.0 Å². The summed E-state index contributed by atoms with van der Waals surface area (Å²) in [5.41, 5.74) is 2.50. The van der Waals surface area contributed by atoms with Crippen LogP contribution in [0.5, 0.6) is 11.5 Å². The number of halogens is 2. The van der Waals surface area contributed by atoms with Crippen molar-refractivity contribution >= 4 is 25.7 Å². The highest BCUT2D eigenvalue weighted by Crippen LogP contribution is 2.49. The summed E-state index contributed by atoms with van der Waals surface area (Å²) in [7, 11) is -7.38. The van der Waals surface area contributed by atoms with E-state index in [1.807, 2.05) is 0 Å². The van der Waals surface area contributed by atoms with Gasteiger partial charge in [0.05, 0.1) is 17.6 Å². The van der Waals surface area contributed by atoms with Gasteiger partial charge in [-0.2, -0.15) is 8.78 Å². The minimum absolute atomic E-state index is 0.0982. The number of nitrogens with one attached hydrogen (secondary N) is 1. The van der Waals surface area contributed by atoms with Crippen LogP contribution >= 0.6 is 0 Å². The molecule has 0 aromatic heterocycles. The lowest BCUT2D eigenvalue weighted by Gasteiger charge is -2.31. The number of hydrogen-bond donors (Lipinski definition) is 2. The van der Waals surface area contributed by atoms with Crippen LogP contribution < -0.4 is 19.3 Å². The normalized spacial score (nSPS) is 15.3. The summed E-state index contributed by atoms with van der Waals surface area (Å²) in [5, 5.41) is 5.20. The maximum atomic E-state index is 13.0. The van der Waals surface area contributed by atoms with Gasteiger partial charge in [-0.05, 0) is 41.0 Å². The molecule has 3 aromatic rings. The van der Waals surface area contributed by atoms with Crippen molar-refractivity contribution in [3.05, 3.63) is 77.4 Å². The molecule has 3 N–H and O–H groups in total. The number of anilines is 1. The van der Waals surface area contributed by atoms with Crippen molar-refractivity contribution in [2.75, 3.05) is 11.0 Å². The Balaban J connectivity index is 1.88. The Kier molecular flexibility index (Phi) is 6.23. The number of fused-ring (bicyclic) bond motifs is 3. The number of rotatable bonds is 7. The molecule has 0 saturated heterocycles. The van der Waals surface area contributed by atoms with Gasteiger partial charge in [0.2, 0.25) is 20.0 Å². The fourth-order valence-electron chi connectivity index (χ4n) is 3.87. The molecule has 0 radical (unpaired) electrons. The summed E-state index contributed by atoms with van der Waals surface area (Å²) < 4.78 is 85.9. The third kappa shape index (κ3) is 5.46. The lowest BCUT2D eigenvalue weighted by Crippen LogP contribution is -2.19. The first-order valence-corrected chi connectivity index (χ1v) is 13.5. The van der Waals surface area contributed by atoms with Gasteiger partial charge in [0.15, 0.2) is 0 Å². The van der Waals surface area contributed by atoms with Crippen molar-refractivity contribution < 1.29 is 35.1 Å². The third-order valence-electron chi connectivity index (χ3n) is 4.98. The Hall–Kier alpha value is -3.22. The molecule has 0 aliphatic carbocycles. The van der Waals surface area contributed by atoms with E-state index in [9.17, 15) is 25.6 Å². The zero-order chi connectivity index (χ0) is 24.7. The van der Waals surface area contributed by atoms with E-state index in [1.165, 1.54) is 18.2 Å². The molecule has 1 heterocycles. The average Bonchev–Trinajstić information content (AvgIpc) is 2.70. The summed E-state index contributed by atoms with van der Waals surface area (Å²) in [4.78, 5) is 0. The fraction of sp³-hybridized carbons (Fsp3) is 0.182. The van der Waals surface area contributed by atoms with Crippen LogP contribution in [0.25, 0.3) is 11.1 Å². The van der Waals surface area contributed by atoms with E-state index in [0.29, 0.717) is 33.5 Å². The average molecular weight is 511 g/mol. The SMILES string of the molecule is CS(=O)(=O)Nc1cccc(C2Oc3cccc(OC(F)F)c3-c3ccc(CS(N)(=O)=O)cc32)c1. The van der Waals surface area contributed by atoms with Gasteiger partial charge in [-0.1, -0.05) is 36.4 Å². The van der Waals surface area contributed by atoms with Crippen LogP contribution in [0.2, 0.25) is 0 Å². The van der Waals surface area contributed by atoms with Crippen molar-refractivity contribution in [3.8, 4) is 22.6 Å².